The Morgan fingerprint density at radius 3 is 2.25 bits per heavy atom. The number of rotatable bonds is 2. The summed E-state index contributed by atoms with van der Waals surface area (Å²) in [6, 6.07) is 14.1. The van der Waals surface area contributed by atoms with Crippen LogP contribution in [0.15, 0.2) is 53.4 Å². The van der Waals surface area contributed by atoms with Crippen molar-refractivity contribution in [2.24, 2.45) is 0 Å². The van der Waals surface area contributed by atoms with Crippen molar-refractivity contribution in [3.8, 4) is 11.1 Å². The molecule has 0 bridgehead atoms. The molecule has 0 aliphatic carbocycles. The van der Waals surface area contributed by atoms with Gasteiger partial charge >= 0.3 is 0 Å². The van der Waals surface area contributed by atoms with Crippen LogP contribution >= 0.6 is 11.6 Å². The topological polar surface area (TPSA) is 34.1 Å². The Labute approximate surface area is 100 Å². The first-order valence-corrected chi connectivity index (χ1v) is 6.23. The van der Waals surface area contributed by atoms with Gasteiger partial charge in [0.2, 0.25) is 0 Å². The van der Waals surface area contributed by atoms with Crippen LogP contribution < -0.4 is 0 Å². The van der Waals surface area contributed by atoms with E-state index in [9.17, 15) is 8.42 Å². The van der Waals surface area contributed by atoms with Gasteiger partial charge in [-0.1, -0.05) is 41.9 Å². The average Bonchev–Trinajstić information content (AvgIpc) is 2.29. The van der Waals surface area contributed by atoms with Crippen LogP contribution in [0.3, 0.4) is 0 Å². The summed E-state index contributed by atoms with van der Waals surface area (Å²) in [5, 5.41) is 0.527. The van der Waals surface area contributed by atoms with E-state index in [1.165, 1.54) is 6.07 Å². The van der Waals surface area contributed by atoms with Crippen LogP contribution in [-0.2, 0) is 10.7 Å². The molecule has 0 amide bonds. The predicted molar refractivity (Wildman–Crippen MR) is 65.5 cm³/mol. The summed E-state index contributed by atoms with van der Waals surface area (Å²) >= 11 is 5.87. The molecule has 2 aromatic rings. The summed E-state index contributed by atoms with van der Waals surface area (Å²) in [6.07, 6.45) is 0. The molecule has 0 atom stereocenters. The van der Waals surface area contributed by atoms with Gasteiger partial charge in [0.05, 0.1) is 4.90 Å². The Balaban J connectivity index is 2.68. The fourth-order valence-corrected chi connectivity index (χ4v) is 2.28. The smallest absolute Gasteiger partial charge is 0.168 e. The second-order valence-corrected chi connectivity index (χ2v) is 4.72. The Hall–Kier alpha value is -1.32. The number of hydrogen-bond donors (Lipinski definition) is 1. The molecular weight excluding hydrogens is 244 g/mol. The molecular formula is C12H9ClO2S. The first kappa shape index (κ1) is 11.2. The highest BCUT2D eigenvalue weighted by molar-refractivity contribution is 7.72. The summed E-state index contributed by atoms with van der Waals surface area (Å²) in [6.45, 7) is 0. The van der Waals surface area contributed by atoms with E-state index in [-0.39, 0.29) is 0 Å². The second-order valence-electron chi connectivity index (χ2n) is 3.28. The van der Waals surface area contributed by atoms with Crippen LogP contribution in [0, 0.1) is 0 Å². The van der Waals surface area contributed by atoms with Gasteiger partial charge < -0.3 is 0 Å². The Morgan fingerprint density at radius 1 is 0.938 bits per heavy atom. The lowest BCUT2D eigenvalue weighted by Crippen LogP contribution is -1.87. The molecule has 0 saturated heterocycles. The quantitative estimate of drug-likeness (QED) is 0.834. The molecule has 2 aromatic carbocycles. The van der Waals surface area contributed by atoms with Gasteiger partial charge in [0.25, 0.3) is 0 Å². The normalized spacial score (nSPS) is 10.6. The Morgan fingerprint density at radius 2 is 1.62 bits per heavy atom. The lowest BCUT2D eigenvalue weighted by atomic mass is 10.1. The molecule has 4 heteroatoms. The molecule has 2 nitrogen and oxygen atoms in total. The molecule has 16 heavy (non-hydrogen) atoms. The average molecular weight is 253 g/mol. The van der Waals surface area contributed by atoms with Crippen LogP contribution in [0.2, 0.25) is 5.02 Å². The largest absolute Gasteiger partial charge is 0.227 e. The fourth-order valence-electron chi connectivity index (χ4n) is 1.52. The third kappa shape index (κ3) is 2.26. The second kappa shape index (κ2) is 4.68. The van der Waals surface area contributed by atoms with Gasteiger partial charge in [-0.25, -0.2) is 8.42 Å². The molecule has 0 spiro atoms. The molecule has 82 valence electrons. The highest BCUT2D eigenvalue weighted by atomic mass is 35.5. The fraction of sp³-hybridized carbons (Fsp3) is 0. The zero-order valence-corrected chi connectivity index (χ0v) is 9.91. The standard InChI is InChI=1S/C12H9ClO2S/c13-10-6-7-12(16(14)15)11(8-10)9-4-2-1-3-5-9/h1-8,16H. The maximum absolute atomic E-state index is 11.1. The van der Waals surface area contributed by atoms with Crippen LogP contribution in [0.1, 0.15) is 0 Å². The van der Waals surface area contributed by atoms with Gasteiger partial charge in [-0.15, -0.1) is 0 Å². The van der Waals surface area contributed by atoms with Crippen LogP contribution in [0.5, 0.6) is 0 Å². The molecule has 0 N–H and O–H groups in total. The molecule has 0 saturated carbocycles. The summed E-state index contributed by atoms with van der Waals surface area (Å²) in [5.74, 6) is 0. The molecule has 2 rings (SSSR count). The van der Waals surface area contributed by atoms with Gasteiger partial charge in [-0.2, -0.15) is 0 Å². The minimum atomic E-state index is -2.61. The number of thiol groups is 1. The summed E-state index contributed by atoms with van der Waals surface area (Å²) < 4.78 is 22.2. The van der Waals surface area contributed by atoms with Gasteiger partial charge in [0, 0.05) is 10.6 Å². The minimum Gasteiger partial charge on any atom is -0.227 e. The van der Waals surface area contributed by atoms with Crippen molar-refractivity contribution in [3.05, 3.63) is 53.6 Å². The zero-order valence-electron chi connectivity index (χ0n) is 8.26. The SMILES string of the molecule is O=[SH](=O)c1ccc(Cl)cc1-c1ccccc1. The number of hydrogen-bond acceptors (Lipinski definition) is 2. The summed E-state index contributed by atoms with van der Waals surface area (Å²) in [5.41, 5.74) is 1.49. The first-order valence-electron chi connectivity index (χ1n) is 4.68. The maximum Gasteiger partial charge on any atom is 0.168 e. The van der Waals surface area contributed by atoms with Crippen LogP contribution in [-0.4, -0.2) is 8.42 Å². The highest BCUT2D eigenvalue weighted by Gasteiger charge is 2.07. The lowest BCUT2D eigenvalue weighted by molar-refractivity contribution is 0.615. The monoisotopic (exact) mass is 252 g/mol. The minimum absolute atomic E-state index is 0.297. The third-order valence-corrected chi connectivity index (χ3v) is 3.26. The lowest BCUT2D eigenvalue weighted by Gasteiger charge is -2.05. The molecule has 0 unspecified atom stereocenters. The van der Waals surface area contributed by atoms with E-state index in [1.54, 1.807) is 12.1 Å². The van der Waals surface area contributed by atoms with Crippen molar-refractivity contribution in [1.82, 2.24) is 0 Å². The Bertz CT molecular complexity index is 569. The van der Waals surface area contributed by atoms with Crippen molar-refractivity contribution in [1.29, 1.82) is 0 Å². The van der Waals surface area contributed by atoms with Gasteiger partial charge in [-0.05, 0) is 23.8 Å². The van der Waals surface area contributed by atoms with E-state index in [4.69, 9.17) is 11.6 Å². The zero-order chi connectivity index (χ0) is 11.5. The maximum atomic E-state index is 11.1. The first-order chi connectivity index (χ1) is 7.68. The molecule has 0 aromatic heterocycles. The van der Waals surface area contributed by atoms with E-state index >= 15 is 0 Å². The van der Waals surface area contributed by atoms with Gasteiger partial charge in [-0.3, -0.25) is 0 Å². The van der Waals surface area contributed by atoms with Gasteiger partial charge in [0.1, 0.15) is 0 Å². The van der Waals surface area contributed by atoms with Crippen LogP contribution in [0.25, 0.3) is 11.1 Å². The molecule has 0 aliphatic heterocycles. The number of halogens is 1. The Kier molecular flexibility index (Phi) is 3.27. The van der Waals surface area contributed by atoms with Gasteiger partial charge in [0.15, 0.2) is 10.7 Å². The van der Waals surface area contributed by atoms with E-state index in [0.29, 0.717) is 15.5 Å². The third-order valence-electron chi connectivity index (χ3n) is 2.24. The van der Waals surface area contributed by atoms with Crippen molar-refractivity contribution in [3.63, 3.8) is 0 Å². The van der Waals surface area contributed by atoms with Crippen molar-refractivity contribution in [2.75, 3.05) is 0 Å². The molecule has 0 fully saturated rings. The van der Waals surface area contributed by atoms with E-state index in [1.807, 2.05) is 30.3 Å². The van der Waals surface area contributed by atoms with Crippen LogP contribution in [0.4, 0.5) is 0 Å². The number of benzene rings is 2. The van der Waals surface area contributed by atoms with Crippen molar-refractivity contribution >= 4 is 22.3 Å². The van der Waals surface area contributed by atoms with E-state index in [0.717, 1.165) is 5.56 Å². The van der Waals surface area contributed by atoms with E-state index < -0.39 is 10.7 Å². The van der Waals surface area contributed by atoms with E-state index in [2.05, 4.69) is 0 Å². The van der Waals surface area contributed by atoms with Crippen molar-refractivity contribution in [2.45, 2.75) is 4.90 Å². The summed E-state index contributed by atoms with van der Waals surface area (Å²) in [7, 11) is -2.61. The molecule has 0 aliphatic rings. The molecule has 0 radical (unpaired) electrons. The highest BCUT2D eigenvalue weighted by Crippen LogP contribution is 2.27. The summed E-state index contributed by atoms with van der Waals surface area (Å²) in [4.78, 5) is 0.297. The predicted octanol–water partition coefficient (Wildman–Crippen LogP) is 2.98. The molecule has 0 heterocycles. The van der Waals surface area contributed by atoms with Crippen molar-refractivity contribution < 1.29 is 8.42 Å².